The summed E-state index contributed by atoms with van der Waals surface area (Å²) in [5.41, 5.74) is 1.11. The van der Waals surface area contributed by atoms with Gasteiger partial charge in [-0.25, -0.2) is 0 Å². The second-order valence-corrected chi connectivity index (χ2v) is 5.15. The molecule has 0 aliphatic carbocycles. The number of benzene rings is 1. The number of H-pyrrole nitrogens is 1. The predicted octanol–water partition coefficient (Wildman–Crippen LogP) is 1.34. The fraction of sp³-hybridized carbons (Fsp3) is 0. The zero-order valence-electron chi connectivity index (χ0n) is 13.5. The third-order valence-electron chi connectivity index (χ3n) is 3.50. The monoisotopic (exact) mass is 407 g/mol. The van der Waals surface area contributed by atoms with E-state index in [2.05, 4.69) is 15.2 Å². The van der Waals surface area contributed by atoms with Gasteiger partial charge < -0.3 is 20.4 Å². The van der Waals surface area contributed by atoms with Gasteiger partial charge in [-0.15, -0.1) is 5.10 Å². The highest BCUT2D eigenvalue weighted by Crippen LogP contribution is 2.38. The molecule has 18 heteroatoms. The summed E-state index contributed by atoms with van der Waals surface area (Å²) in [6, 6.07) is 1.64. The lowest BCUT2D eigenvalue weighted by Gasteiger charge is -2.01. The van der Waals surface area contributed by atoms with Crippen molar-refractivity contribution in [3.8, 4) is 23.0 Å². The number of hydrogen-bond donors (Lipinski definition) is 2. The molecule has 0 radical (unpaired) electrons. The topological polar surface area (TPSA) is 266 Å². The van der Waals surface area contributed by atoms with Crippen LogP contribution in [0.3, 0.4) is 0 Å². The maximum atomic E-state index is 11.1. The molecule has 0 saturated carbocycles. The summed E-state index contributed by atoms with van der Waals surface area (Å²) in [4.78, 5) is 43.8. The molecule has 0 saturated heterocycles. The minimum atomic E-state index is -1.09. The number of nitrogens with one attached hydrogen (secondary N) is 1. The van der Waals surface area contributed by atoms with Gasteiger partial charge in [0.05, 0.1) is 20.3 Å². The number of nitro groups is 4. The normalized spacial score (nSPS) is 10.6. The van der Waals surface area contributed by atoms with E-state index < -0.39 is 65.7 Å². The largest absolute Gasteiger partial charge is 0.422 e. The van der Waals surface area contributed by atoms with Crippen LogP contribution in [-0.2, 0) is 0 Å². The van der Waals surface area contributed by atoms with E-state index in [-0.39, 0.29) is 5.56 Å². The standard InChI is InChI=1S/C11H5N9O9/c12-6-4(17(21)22)1-3(2-5(6)18(23)24)11-13-9(16-29-11)7-8(19(25)26)10(15-14-7)20(27)28/h1-2H,12H2,(H,14,15). The van der Waals surface area contributed by atoms with Crippen LogP contribution in [0.2, 0.25) is 0 Å². The number of aromatic amines is 1. The molecule has 3 aromatic rings. The van der Waals surface area contributed by atoms with Crippen molar-refractivity contribution in [3.05, 3.63) is 52.6 Å². The first-order valence-electron chi connectivity index (χ1n) is 7.05. The van der Waals surface area contributed by atoms with Gasteiger partial charge in [0, 0.05) is 12.1 Å². The maximum Gasteiger partial charge on any atom is 0.422 e. The first-order chi connectivity index (χ1) is 13.6. The van der Waals surface area contributed by atoms with Crippen LogP contribution in [0.1, 0.15) is 0 Å². The van der Waals surface area contributed by atoms with Gasteiger partial charge in [-0.2, -0.15) is 4.98 Å². The lowest BCUT2D eigenvalue weighted by Crippen LogP contribution is -2.01. The van der Waals surface area contributed by atoms with Gasteiger partial charge in [-0.3, -0.25) is 30.3 Å². The Labute approximate surface area is 155 Å². The highest BCUT2D eigenvalue weighted by Gasteiger charge is 2.36. The zero-order valence-corrected chi connectivity index (χ0v) is 13.5. The molecule has 0 fully saturated rings. The number of anilines is 1. The van der Waals surface area contributed by atoms with Crippen LogP contribution in [-0.4, -0.2) is 40.0 Å². The van der Waals surface area contributed by atoms with Gasteiger partial charge in [-0.05, 0) is 4.92 Å². The van der Waals surface area contributed by atoms with E-state index in [1.165, 1.54) is 0 Å². The van der Waals surface area contributed by atoms with E-state index in [0.717, 1.165) is 12.1 Å². The van der Waals surface area contributed by atoms with Crippen LogP contribution in [0.15, 0.2) is 16.7 Å². The summed E-state index contributed by atoms with van der Waals surface area (Å²) in [5.74, 6) is -2.11. The summed E-state index contributed by atoms with van der Waals surface area (Å²) in [7, 11) is 0. The van der Waals surface area contributed by atoms with Gasteiger partial charge >= 0.3 is 11.5 Å². The fourth-order valence-electron chi connectivity index (χ4n) is 2.27. The van der Waals surface area contributed by atoms with Crippen molar-refractivity contribution < 1.29 is 24.2 Å². The fourth-order valence-corrected chi connectivity index (χ4v) is 2.27. The minimum absolute atomic E-state index is 0.288. The molecular weight excluding hydrogens is 402 g/mol. The molecule has 3 rings (SSSR count). The van der Waals surface area contributed by atoms with Crippen LogP contribution in [0.5, 0.6) is 0 Å². The Balaban J connectivity index is 2.15. The Morgan fingerprint density at radius 2 is 1.52 bits per heavy atom. The van der Waals surface area contributed by atoms with Crippen molar-refractivity contribution in [3.63, 3.8) is 0 Å². The number of nitrogens with two attached hydrogens (primary N) is 1. The van der Waals surface area contributed by atoms with Crippen LogP contribution in [0.25, 0.3) is 23.0 Å². The molecule has 0 spiro atoms. The Morgan fingerprint density at radius 3 is 2.00 bits per heavy atom. The van der Waals surface area contributed by atoms with Crippen LogP contribution in [0.4, 0.5) is 28.6 Å². The summed E-state index contributed by atoms with van der Waals surface area (Å²) in [5, 5.41) is 52.8. The number of aromatic nitrogens is 4. The molecule has 0 amide bonds. The quantitative estimate of drug-likeness (QED) is 0.332. The highest BCUT2D eigenvalue weighted by atomic mass is 16.6. The van der Waals surface area contributed by atoms with E-state index in [9.17, 15) is 40.5 Å². The van der Waals surface area contributed by atoms with Crippen molar-refractivity contribution >= 4 is 28.6 Å². The van der Waals surface area contributed by atoms with Gasteiger partial charge in [-0.1, -0.05) is 10.3 Å². The zero-order chi connectivity index (χ0) is 21.5. The average Bonchev–Trinajstić information content (AvgIpc) is 3.28. The van der Waals surface area contributed by atoms with E-state index >= 15 is 0 Å². The van der Waals surface area contributed by atoms with E-state index in [4.69, 9.17) is 10.3 Å². The molecule has 0 atom stereocenters. The molecule has 3 N–H and O–H groups in total. The van der Waals surface area contributed by atoms with E-state index in [1.54, 1.807) is 0 Å². The van der Waals surface area contributed by atoms with Crippen LogP contribution >= 0.6 is 0 Å². The molecule has 148 valence electrons. The number of nitrogens with zero attached hydrogens (tertiary/aromatic N) is 7. The van der Waals surface area contributed by atoms with Crippen molar-refractivity contribution in [2.24, 2.45) is 0 Å². The molecule has 29 heavy (non-hydrogen) atoms. The average molecular weight is 407 g/mol. The van der Waals surface area contributed by atoms with Crippen molar-refractivity contribution in [1.29, 1.82) is 0 Å². The second kappa shape index (κ2) is 6.61. The second-order valence-electron chi connectivity index (χ2n) is 5.15. The molecule has 2 aromatic heterocycles. The summed E-state index contributed by atoms with van der Waals surface area (Å²) >= 11 is 0. The lowest BCUT2D eigenvalue weighted by molar-refractivity contribution is -0.424. The number of nitro benzene ring substituents is 2. The maximum absolute atomic E-state index is 11.1. The first kappa shape index (κ1) is 18.8. The number of hydrogen-bond acceptors (Lipinski definition) is 13. The van der Waals surface area contributed by atoms with Gasteiger partial charge in [0.15, 0.2) is 5.69 Å². The summed E-state index contributed by atoms with van der Waals surface area (Å²) in [6.45, 7) is 0. The summed E-state index contributed by atoms with van der Waals surface area (Å²) in [6.07, 6.45) is 0. The Bertz CT molecular complexity index is 1160. The molecule has 0 unspecified atom stereocenters. The lowest BCUT2D eigenvalue weighted by atomic mass is 10.1. The highest BCUT2D eigenvalue weighted by molar-refractivity contribution is 5.78. The van der Waals surface area contributed by atoms with E-state index in [1.807, 2.05) is 5.10 Å². The first-order valence-corrected chi connectivity index (χ1v) is 7.05. The van der Waals surface area contributed by atoms with Crippen molar-refractivity contribution in [1.82, 2.24) is 20.3 Å². The Kier molecular flexibility index (Phi) is 4.27. The van der Waals surface area contributed by atoms with E-state index in [0.29, 0.717) is 0 Å². The third-order valence-corrected chi connectivity index (χ3v) is 3.50. The smallest absolute Gasteiger partial charge is 0.388 e. The molecule has 1 aromatic carbocycles. The molecule has 18 nitrogen and oxygen atoms in total. The molecular formula is C11H5N9O9. The number of rotatable bonds is 6. The Morgan fingerprint density at radius 1 is 0.931 bits per heavy atom. The van der Waals surface area contributed by atoms with Crippen LogP contribution < -0.4 is 5.73 Å². The molecule has 0 aliphatic heterocycles. The number of nitrogen functional groups attached to an aromatic ring is 1. The molecule has 0 bridgehead atoms. The SMILES string of the molecule is Nc1c([N+](=O)[O-])cc(-c2nc(-c3n[nH]c([N+](=O)[O-])c3[N+](=O)[O-])no2)cc1[N+](=O)[O-]. The Hall–Kier alpha value is -5.03. The third kappa shape index (κ3) is 3.11. The van der Waals surface area contributed by atoms with Gasteiger partial charge in [0.25, 0.3) is 17.3 Å². The molecule has 2 heterocycles. The van der Waals surface area contributed by atoms with Gasteiger partial charge in [0.1, 0.15) is 0 Å². The van der Waals surface area contributed by atoms with Crippen molar-refractivity contribution in [2.45, 2.75) is 0 Å². The predicted molar refractivity (Wildman–Crippen MR) is 88.3 cm³/mol. The van der Waals surface area contributed by atoms with Crippen molar-refractivity contribution in [2.75, 3.05) is 5.73 Å². The minimum Gasteiger partial charge on any atom is -0.388 e. The van der Waals surface area contributed by atoms with Crippen LogP contribution in [0, 0.1) is 40.5 Å². The van der Waals surface area contributed by atoms with Gasteiger partial charge in [0.2, 0.25) is 11.5 Å². The molecule has 0 aliphatic rings. The summed E-state index contributed by atoms with van der Waals surface area (Å²) < 4.78 is 4.83.